The van der Waals surface area contributed by atoms with Gasteiger partial charge in [0.05, 0.1) is 16.0 Å². The average molecular weight is 374 g/mol. The smallest absolute Gasteiger partial charge is 0.236 e. The van der Waals surface area contributed by atoms with Crippen LogP contribution < -0.4 is 5.32 Å². The molecule has 6 nitrogen and oxygen atoms in total. The topological polar surface area (TPSA) is 72.7 Å². The molecule has 1 saturated carbocycles. The number of aryl methyl sites for hydroxylation is 3. The zero-order valence-corrected chi connectivity index (χ0v) is 16.0. The number of nitrogens with one attached hydrogen (secondary N) is 1. The molecule has 0 unspecified atom stereocenters. The summed E-state index contributed by atoms with van der Waals surface area (Å²) in [7, 11) is 0. The predicted octanol–water partition coefficient (Wildman–Crippen LogP) is 3.88. The molecule has 25 heavy (non-hydrogen) atoms. The van der Waals surface area contributed by atoms with Gasteiger partial charge in [0.1, 0.15) is 5.82 Å². The van der Waals surface area contributed by atoms with E-state index in [9.17, 15) is 4.79 Å². The summed E-state index contributed by atoms with van der Waals surface area (Å²) >= 11 is 2.94. The molecule has 0 saturated heterocycles. The third kappa shape index (κ3) is 3.41. The number of hydrogen-bond acceptors (Lipinski definition) is 6. The van der Waals surface area contributed by atoms with E-state index in [1.54, 1.807) is 0 Å². The fourth-order valence-corrected chi connectivity index (χ4v) is 4.82. The van der Waals surface area contributed by atoms with Crippen molar-refractivity contribution in [2.75, 3.05) is 11.1 Å². The quantitative estimate of drug-likeness (QED) is 0.687. The molecule has 1 aromatic carbocycles. The Morgan fingerprint density at radius 3 is 2.88 bits per heavy atom. The summed E-state index contributed by atoms with van der Waals surface area (Å²) in [4.78, 5) is 16.8. The van der Waals surface area contributed by atoms with Gasteiger partial charge >= 0.3 is 0 Å². The summed E-state index contributed by atoms with van der Waals surface area (Å²) in [6, 6.07) is 4.72. The van der Waals surface area contributed by atoms with Crippen molar-refractivity contribution in [3.63, 3.8) is 0 Å². The summed E-state index contributed by atoms with van der Waals surface area (Å²) in [6.07, 6.45) is 2.34. The highest BCUT2D eigenvalue weighted by Gasteiger charge is 2.28. The molecule has 2 aromatic heterocycles. The number of nitrogens with zero attached hydrogens (tertiary/aromatic N) is 4. The van der Waals surface area contributed by atoms with Gasteiger partial charge in [-0.25, -0.2) is 4.98 Å². The van der Waals surface area contributed by atoms with Gasteiger partial charge in [-0.15, -0.1) is 10.2 Å². The minimum absolute atomic E-state index is 0.0681. The van der Waals surface area contributed by atoms with Crippen LogP contribution in [0, 0.1) is 20.8 Å². The summed E-state index contributed by atoms with van der Waals surface area (Å²) in [5.41, 5.74) is 3.30. The number of hydrogen-bond donors (Lipinski definition) is 1. The van der Waals surface area contributed by atoms with Crippen LogP contribution in [0.3, 0.4) is 0 Å². The zero-order chi connectivity index (χ0) is 17.6. The van der Waals surface area contributed by atoms with Gasteiger partial charge in [-0.05, 0) is 50.8 Å². The Kier molecular flexibility index (Phi) is 4.24. The van der Waals surface area contributed by atoms with Crippen molar-refractivity contribution < 1.29 is 4.79 Å². The highest BCUT2D eigenvalue weighted by Crippen LogP contribution is 2.38. The largest absolute Gasteiger partial charge is 0.303 e. The molecule has 8 heteroatoms. The Bertz CT molecular complexity index is 958. The Hall–Kier alpha value is -1.93. The van der Waals surface area contributed by atoms with Crippen LogP contribution in [0.2, 0.25) is 0 Å². The summed E-state index contributed by atoms with van der Waals surface area (Å²) in [5.74, 6) is 1.16. The van der Waals surface area contributed by atoms with Crippen molar-refractivity contribution >= 4 is 44.4 Å². The number of thioether (sulfide) groups is 1. The number of carbonyl (C=O) groups excluding carboxylic acids is 1. The highest BCUT2D eigenvalue weighted by atomic mass is 32.2. The van der Waals surface area contributed by atoms with Gasteiger partial charge in [0.25, 0.3) is 0 Å². The third-order valence-electron chi connectivity index (χ3n) is 4.16. The lowest BCUT2D eigenvalue weighted by Crippen LogP contribution is -2.14. The van der Waals surface area contributed by atoms with Gasteiger partial charge in [-0.2, -0.15) is 0 Å². The van der Waals surface area contributed by atoms with Crippen LogP contribution in [0.25, 0.3) is 10.2 Å². The lowest BCUT2D eigenvalue weighted by molar-refractivity contribution is -0.113. The number of carbonyl (C=O) groups is 1. The van der Waals surface area contributed by atoms with E-state index in [4.69, 9.17) is 0 Å². The Morgan fingerprint density at radius 1 is 1.32 bits per heavy atom. The molecule has 0 spiro atoms. The van der Waals surface area contributed by atoms with Crippen molar-refractivity contribution in [2.24, 2.45) is 0 Å². The van der Waals surface area contributed by atoms with Crippen LogP contribution in [0.15, 0.2) is 17.3 Å². The second kappa shape index (κ2) is 6.42. The zero-order valence-electron chi connectivity index (χ0n) is 14.4. The molecule has 0 atom stereocenters. The van der Waals surface area contributed by atoms with E-state index >= 15 is 0 Å². The van der Waals surface area contributed by atoms with E-state index in [0.29, 0.717) is 16.9 Å². The maximum atomic E-state index is 12.3. The highest BCUT2D eigenvalue weighted by molar-refractivity contribution is 7.99. The first-order valence-corrected chi connectivity index (χ1v) is 10.0. The molecule has 3 aromatic rings. The maximum absolute atomic E-state index is 12.3. The first-order valence-electron chi connectivity index (χ1n) is 8.23. The molecule has 1 N–H and O–H groups in total. The lowest BCUT2D eigenvalue weighted by Gasteiger charge is -2.05. The Morgan fingerprint density at radius 2 is 2.12 bits per heavy atom. The fraction of sp³-hybridized carbons (Fsp3) is 0.412. The first-order chi connectivity index (χ1) is 12.0. The molecule has 1 fully saturated rings. The van der Waals surface area contributed by atoms with Crippen molar-refractivity contribution in [2.45, 2.75) is 44.8 Å². The van der Waals surface area contributed by atoms with Crippen LogP contribution in [-0.2, 0) is 4.79 Å². The van der Waals surface area contributed by atoms with Gasteiger partial charge in [0.2, 0.25) is 5.91 Å². The number of benzene rings is 1. The Balaban J connectivity index is 1.43. The molecular weight excluding hydrogens is 354 g/mol. The van der Waals surface area contributed by atoms with Crippen molar-refractivity contribution in [1.29, 1.82) is 0 Å². The van der Waals surface area contributed by atoms with Crippen molar-refractivity contribution in [3.8, 4) is 0 Å². The van der Waals surface area contributed by atoms with E-state index in [2.05, 4.69) is 44.1 Å². The van der Waals surface area contributed by atoms with Crippen LogP contribution in [0.4, 0.5) is 5.13 Å². The molecule has 130 valence electrons. The van der Waals surface area contributed by atoms with Gasteiger partial charge in [0, 0.05) is 6.04 Å². The molecule has 1 aliphatic carbocycles. The molecule has 0 bridgehead atoms. The number of aromatic nitrogens is 4. The van der Waals surface area contributed by atoms with Gasteiger partial charge in [-0.3, -0.25) is 4.79 Å². The number of fused-ring (bicyclic) bond motifs is 1. The van der Waals surface area contributed by atoms with Crippen LogP contribution in [0.1, 0.15) is 35.8 Å². The summed E-state index contributed by atoms with van der Waals surface area (Å²) < 4.78 is 3.24. The average Bonchev–Trinajstić information content (AvgIpc) is 3.19. The number of rotatable bonds is 5. The summed E-state index contributed by atoms with van der Waals surface area (Å²) in [5, 5.41) is 12.7. The van der Waals surface area contributed by atoms with Gasteiger partial charge in [-0.1, -0.05) is 29.2 Å². The lowest BCUT2D eigenvalue weighted by atomic mass is 10.1. The number of anilines is 1. The first kappa shape index (κ1) is 16.5. The minimum atomic E-state index is -0.0681. The van der Waals surface area contributed by atoms with Crippen LogP contribution >= 0.6 is 23.1 Å². The normalized spacial score (nSPS) is 14.2. The summed E-state index contributed by atoms with van der Waals surface area (Å²) in [6.45, 7) is 6.07. The van der Waals surface area contributed by atoms with Gasteiger partial charge in [0.15, 0.2) is 10.3 Å². The second-order valence-corrected chi connectivity index (χ2v) is 8.39. The fourth-order valence-electron chi connectivity index (χ4n) is 2.91. The molecule has 1 aliphatic rings. The molecule has 1 amide bonds. The van der Waals surface area contributed by atoms with E-state index in [-0.39, 0.29) is 5.91 Å². The number of amides is 1. The predicted molar refractivity (Wildman–Crippen MR) is 101 cm³/mol. The second-order valence-electron chi connectivity index (χ2n) is 6.42. The molecular formula is C17H19N5OS2. The monoisotopic (exact) mass is 373 g/mol. The molecule has 0 radical (unpaired) electrons. The third-order valence-corrected chi connectivity index (χ3v) is 6.02. The van der Waals surface area contributed by atoms with Crippen LogP contribution in [0.5, 0.6) is 0 Å². The standard InChI is InChI=1S/C17H19N5OS2/c1-9-6-10(2)15-13(7-9)25-16(19-15)18-14(23)8-24-17-21-20-11(3)22(17)12-4-5-12/h6-7,12H,4-5,8H2,1-3H3,(H,18,19,23). The van der Waals surface area contributed by atoms with Crippen LogP contribution in [-0.4, -0.2) is 31.4 Å². The van der Waals surface area contributed by atoms with E-state index in [0.717, 1.165) is 26.8 Å². The minimum Gasteiger partial charge on any atom is -0.303 e. The Labute approximate surface area is 154 Å². The molecule has 2 heterocycles. The maximum Gasteiger partial charge on any atom is 0.236 e. The van der Waals surface area contributed by atoms with E-state index in [1.165, 1.54) is 41.5 Å². The number of thiazole rings is 1. The SMILES string of the molecule is Cc1cc(C)c2nc(NC(=O)CSc3nnc(C)n3C3CC3)sc2c1. The van der Waals surface area contributed by atoms with Crippen molar-refractivity contribution in [3.05, 3.63) is 29.1 Å². The van der Waals surface area contributed by atoms with Gasteiger partial charge < -0.3 is 9.88 Å². The van der Waals surface area contributed by atoms with E-state index in [1.807, 2.05) is 13.8 Å². The molecule has 0 aliphatic heterocycles. The molecule has 4 rings (SSSR count). The van der Waals surface area contributed by atoms with Crippen molar-refractivity contribution in [1.82, 2.24) is 19.7 Å². The van der Waals surface area contributed by atoms with E-state index < -0.39 is 0 Å².